The molecule has 0 spiro atoms. The Morgan fingerprint density at radius 3 is 3.05 bits per heavy atom. The standard InChI is InChI=1S/C12H15BrFN3O2/c13-9-5-4-8(14)7-10(9)19-11-3-1-2-6-17(11)12(15)16-18/h4-5,7,11,18H,1-3,6H2,(H2,15,16). The third-order valence-corrected chi connectivity index (χ3v) is 3.66. The molecule has 1 saturated heterocycles. The highest BCUT2D eigenvalue weighted by Gasteiger charge is 2.26. The van der Waals surface area contributed by atoms with Crippen molar-refractivity contribution in [2.45, 2.75) is 25.5 Å². The zero-order chi connectivity index (χ0) is 13.8. The lowest BCUT2D eigenvalue weighted by molar-refractivity contribution is 0.0416. The molecule has 0 saturated carbocycles. The lowest BCUT2D eigenvalue weighted by Gasteiger charge is -2.35. The summed E-state index contributed by atoms with van der Waals surface area (Å²) in [6, 6.07) is 4.24. The minimum Gasteiger partial charge on any atom is -0.469 e. The summed E-state index contributed by atoms with van der Waals surface area (Å²) in [7, 11) is 0. The van der Waals surface area contributed by atoms with Crippen LogP contribution in [0.4, 0.5) is 4.39 Å². The molecule has 2 rings (SSSR count). The van der Waals surface area contributed by atoms with Gasteiger partial charge in [-0.3, -0.25) is 0 Å². The molecule has 1 aliphatic heterocycles. The van der Waals surface area contributed by atoms with Gasteiger partial charge in [0.05, 0.1) is 4.47 Å². The Morgan fingerprint density at radius 1 is 1.53 bits per heavy atom. The lowest BCUT2D eigenvalue weighted by Crippen LogP contribution is -2.50. The van der Waals surface area contributed by atoms with Crippen molar-refractivity contribution in [3.05, 3.63) is 28.5 Å². The van der Waals surface area contributed by atoms with Crippen LogP contribution in [-0.2, 0) is 0 Å². The van der Waals surface area contributed by atoms with Crippen LogP contribution in [0.3, 0.4) is 0 Å². The van der Waals surface area contributed by atoms with Gasteiger partial charge in [0.1, 0.15) is 11.6 Å². The summed E-state index contributed by atoms with van der Waals surface area (Å²) in [4.78, 5) is 1.67. The number of likely N-dealkylation sites (tertiary alicyclic amines) is 1. The molecular formula is C12H15BrFN3O2. The third-order valence-electron chi connectivity index (χ3n) is 3.00. The Bertz CT molecular complexity index is 484. The van der Waals surface area contributed by atoms with E-state index in [9.17, 15) is 4.39 Å². The van der Waals surface area contributed by atoms with Gasteiger partial charge in [-0.1, -0.05) is 5.16 Å². The van der Waals surface area contributed by atoms with E-state index in [0.29, 0.717) is 16.8 Å². The number of halogens is 2. The molecule has 0 amide bonds. The van der Waals surface area contributed by atoms with Crippen molar-refractivity contribution in [3.8, 4) is 5.75 Å². The van der Waals surface area contributed by atoms with Crippen molar-refractivity contribution in [3.63, 3.8) is 0 Å². The molecule has 1 aliphatic rings. The predicted octanol–water partition coefficient (Wildman–Crippen LogP) is 2.48. The molecule has 1 atom stereocenters. The third kappa shape index (κ3) is 3.28. The Morgan fingerprint density at radius 2 is 2.32 bits per heavy atom. The van der Waals surface area contributed by atoms with Gasteiger partial charge in [-0.05, 0) is 40.9 Å². The number of hydrogen-bond donors (Lipinski definition) is 2. The quantitative estimate of drug-likeness (QED) is 0.378. The molecule has 0 radical (unpaired) electrons. The molecule has 0 aromatic heterocycles. The molecule has 5 nitrogen and oxygen atoms in total. The normalized spacial score (nSPS) is 20.4. The second-order valence-corrected chi connectivity index (χ2v) is 5.15. The van der Waals surface area contributed by atoms with Crippen molar-refractivity contribution >= 4 is 21.9 Å². The number of rotatable bonds is 2. The van der Waals surface area contributed by atoms with Gasteiger partial charge in [0.2, 0.25) is 5.96 Å². The summed E-state index contributed by atoms with van der Waals surface area (Å²) in [5.74, 6) is 0.0456. The molecule has 1 heterocycles. The molecular weight excluding hydrogens is 317 g/mol. The minimum atomic E-state index is -0.371. The van der Waals surface area contributed by atoms with E-state index in [1.54, 1.807) is 11.0 Å². The van der Waals surface area contributed by atoms with Gasteiger partial charge in [0, 0.05) is 19.0 Å². The number of nitrogens with two attached hydrogens (primary N) is 1. The molecule has 1 unspecified atom stereocenters. The molecule has 0 bridgehead atoms. The van der Waals surface area contributed by atoms with Crippen molar-refractivity contribution < 1.29 is 14.3 Å². The van der Waals surface area contributed by atoms with Gasteiger partial charge in [-0.15, -0.1) is 0 Å². The summed E-state index contributed by atoms with van der Waals surface area (Å²) in [5.41, 5.74) is 5.62. The van der Waals surface area contributed by atoms with Crippen molar-refractivity contribution in [2.24, 2.45) is 10.9 Å². The maximum Gasteiger partial charge on any atom is 0.236 e. The van der Waals surface area contributed by atoms with Gasteiger partial charge in [-0.2, -0.15) is 0 Å². The molecule has 0 aliphatic carbocycles. The van der Waals surface area contributed by atoms with E-state index in [2.05, 4.69) is 21.1 Å². The van der Waals surface area contributed by atoms with E-state index in [4.69, 9.17) is 15.7 Å². The Hall–Kier alpha value is -1.50. The molecule has 3 N–H and O–H groups in total. The zero-order valence-electron chi connectivity index (χ0n) is 10.2. The molecule has 1 aromatic carbocycles. The van der Waals surface area contributed by atoms with Crippen LogP contribution in [0.25, 0.3) is 0 Å². The van der Waals surface area contributed by atoms with E-state index in [-0.39, 0.29) is 18.0 Å². The largest absolute Gasteiger partial charge is 0.469 e. The van der Waals surface area contributed by atoms with Gasteiger partial charge in [0.15, 0.2) is 6.23 Å². The maximum absolute atomic E-state index is 13.2. The van der Waals surface area contributed by atoms with E-state index in [1.807, 2.05) is 0 Å². The first-order valence-electron chi connectivity index (χ1n) is 5.97. The zero-order valence-corrected chi connectivity index (χ0v) is 11.8. The van der Waals surface area contributed by atoms with Crippen molar-refractivity contribution in [1.29, 1.82) is 0 Å². The van der Waals surface area contributed by atoms with Crippen LogP contribution in [0.2, 0.25) is 0 Å². The molecule has 1 fully saturated rings. The van der Waals surface area contributed by atoms with Crippen LogP contribution in [0.15, 0.2) is 27.8 Å². The fraction of sp³-hybridized carbons (Fsp3) is 0.417. The Balaban J connectivity index is 2.17. The molecule has 1 aromatic rings. The molecule has 104 valence electrons. The Kier molecular flexibility index (Phi) is 4.47. The SMILES string of the molecule is N/C(=N\O)N1CCCCC1Oc1cc(F)ccc1Br. The highest BCUT2D eigenvalue weighted by molar-refractivity contribution is 9.10. The van der Waals surface area contributed by atoms with E-state index >= 15 is 0 Å². The average Bonchev–Trinajstić information content (AvgIpc) is 2.42. The number of nitrogens with zero attached hydrogens (tertiary/aromatic N) is 2. The maximum atomic E-state index is 13.2. The average molecular weight is 332 g/mol. The number of hydrogen-bond acceptors (Lipinski definition) is 3. The Labute approximate surface area is 119 Å². The summed E-state index contributed by atoms with van der Waals surface area (Å²) in [6.07, 6.45) is 2.30. The summed E-state index contributed by atoms with van der Waals surface area (Å²) < 4.78 is 19.7. The number of guanidine groups is 1. The first kappa shape index (κ1) is 13.9. The van der Waals surface area contributed by atoms with Gasteiger partial charge < -0.3 is 20.6 Å². The second-order valence-electron chi connectivity index (χ2n) is 4.29. The highest BCUT2D eigenvalue weighted by Crippen LogP contribution is 2.29. The van der Waals surface area contributed by atoms with Gasteiger partial charge in [0.25, 0.3) is 0 Å². The number of benzene rings is 1. The number of ether oxygens (including phenoxy) is 1. The van der Waals surface area contributed by atoms with Crippen LogP contribution < -0.4 is 10.5 Å². The highest BCUT2D eigenvalue weighted by atomic mass is 79.9. The predicted molar refractivity (Wildman–Crippen MR) is 72.5 cm³/mol. The second kappa shape index (κ2) is 6.10. The van der Waals surface area contributed by atoms with Crippen molar-refractivity contribution in [1.82, 2.24) is 4.90 Å². The lowest BCUT2D eigenvalue weighted by atomic mass is 10.1. The monoisotopic (exact) mass is 331 g/mol. The number of piperidine rings is 1. The van der Waals surface area contributed by atoms with Crippen LogP contribution in [0.1, 0.15) is 19.3 Å². The summed E-state index contributed by atoms with van der Waals surface area (Å²) in [6.45, 7) is 0.646. The topological polar surface area (TPSA) is 71.1 Å². The van der Waals surface area contributed by atoms with Gasteiger partial charge in [-0.25, -0.2) is 4.39 Å². The van der Waals surface area contributed by atoms with Crippen LogP contribution in [-0.4, -0.2) is 28.8 Å². The molecule has 7 heteroatoms. The van der Waals surface area contributed by atoms with E-state index in [0.717, 1.165) is 19.3 Å². The smallest absolute Gasteiger partial charge is 0.236 e. The fourth-order valence-electron chi connectivity index (χ4n) is 2.06. The van der Waals surface area contributed by atoms with Crippen LogP contribution in [0.5, 0.6) is 5.75 Å². The van der Waals surface area contributed by atoms with Crippen LogP contribution >= 0.6 is 15.9 Å². The number of oxime groups is 1. The van der Waals surface area contributed by atoms with Crippen LogP contribution in [0, 0.1) is 5.82 Å². The van der Waals surface area contributed by atoms with Crippen molar-refractivity contribution in [2.75, 3.05) is 6.54 Å². The summed E-state index contributed by atoms with van der Waals surface area (Å²) in [5, 5.41) is 11.8. The first-order chi connectivity index (χ1) is 9.11. The molecule has 19 heavy (non-hydrogen) atoms. The first-order valence-corrected chi connectivity index (χ1v) is 6.77. The van der Waals surface area contributed by atoms with E-state index in [1.165, 1.54) is 12.1 Å². The fourth-order valence-corrected chi connectivity index (χ4v) is 2.40. The van der Waals surface area contributed by atoms with E-state index < -0.39 is 0 Å². The minimum absolute atomic E-state index is 0.0113. The van der Waals surface area contributed by atoms with Gasteiger partial charge >= 0.3 is 0 Å². The summed E-state index contributed by atoms with van der Waals surface area (Å²) >= 11 is 3.31.